The molecule has 0 heterocycles. The highest BCUT2D eigenvalue weighted by molar-refractivity contribution is 5.77. The Morgan fingerprint density at radius 1 is 1.12 bits per heavy atom. The van der Waals surface area contributed by atoms with E-state index >= 15 is 0 Å². The quantitative estimate of drug-likeness (QED) is 0.392. The van der Waals surface area contributed by atoms with Crippen molar-refractivity contribution in [1.29, 1.82) is 0 Å². The molecule has 2 saturated carbocycles. The molecular weight excluding hydrogens is 324 g/mol. The molecule has 2 atom stereocenters. The second-order valence-corrected chi connectivity index (χ2v) is 7.19. The van der Waals surface area contributed by atoms with E-state index in [9.17, 15) is 9.59 Å². The Morgan fingerprint density at radius 2 is 1.84 bits per heavy atom. The smallest absolute Gasteiger partial charge is 0.329 e. The summed E-state index contributed by atoms with van der Waals surface area (Å²) < 4.78 is 5.33. The van der Waals surface area contributed by atoms with Gasteiger partial charge in [0.15, 0.2) is 5.96 Å². The van der Waals surface area contributed by atoms with Crippen LogP contribution in [0.5, 0.6) is 0 Å². The first kappa shape index (κ1) is 19.5. The minimum atomic E-state index is -0.937. The Kier molecular flexibility index (Phi) is 7.49. The van der Waals surface area contributed by atoms with E-state index in [-0.39, 0.29) is 36.7 Å². The zero-order valence-corrected chi connectivity index (χ0v) is 14.7. The molecule has 142 valence electrons. The average Bonchev–Trinajstić information content (AvgIpc) is 2.53. The molecule has 8 heteroatoms. The van der Waals surface area contributed by atoms with E-state index in [0.717, 1.165) is 51.4 Å². The van der Waals surface area contributed by atoms with Crippen LogP contribution in [0.2, 0.25) is 0 Å². The topological polar surface area (TPSA) is 140 Å². The van der Waals surface area contributed by atoms with Crippen LogP contribution in [0.1, 0.15) is 57.8 Å². The van der Waals surface area contributed by atoms with Gasteiger partial charge in [0.25, 0.3) is 0 Å². The molecule has 25 heavy (non-hydrogen) atoms. The Bertz CT molecular complexity index is 485. The number of carboxylic acids is 1. The fraction of sp³-hybridized carbons (Fsp3) is 0.824. The number of ether oxygens (including phenoxy) is 1. The fourth-order valence-electron chi connectivity index (χ4n) is 3.86. The third kappa shape index (κ3) is 7.29. The van der Waals surface area contributed by atoms with Crippen LogP contribution >= 0.6 is 0 Å². The third-order valence-corrected chi connectivity index (χ3v) is 5.05. The second kappa shape index (κ2) is 9.60. The van der Waals surface area contributed by atoms with Crippen molar-refractivity contribution in [2.24, 2.45) is 22.4 Å². The number of carbonyl (C=O) groups excluding carboxylic acids is 1. The number of nitrogens with two attached hydrogens (primary N) is 2. The van der Waals surface area contributed by atoms with Crippen molar-refractivity contribution < 1.29 is 19.4 Å². The number of hydrogen-bond acceptors (Lipinski definition) is 4. The number of carboxylic acid groups (broad SMARTS) is 1. The molecule has 0 aliphatic heterocycles. The first-order valence-corrected chi connectivity index (χ1v) is 9.14. The minimum Gasteiger partial charge on any atom is -0.480 e. The molecule has 0 spiro atoms. The predicted molar refractivity (Wildman–Crippen MR) is 93.9 cm³/mol. The SMILES string of the molecule is NC(N)=NC1CCCC(NC(=O)CC2CCC(OCC(=O)O)CC2)C1. The third-order valence-electron chi connectivity index (χ3n) is 5.05. The molecule has 2 aliphatic carbocycles. The lowest BCUT2D eigenvalue weighted by molar-refractivity contribution is -0.145. The van der Waals surface area contributed by atoms with Gasteiger partial charge in [-0.3, -0.25) is 9.79 Å². The summed E-state index contributed by atoms with van der Waals surface area (Å²) in [6.45, 7) is -0.242. The van der Waals surface area contributed by atoms with E-state index in [1.54, 1.807) is 0 Å². The van der Waals surface area contributed by atoms with Gasteiger partial charge in [0.05, 0.1) is 12.1 Å². The van der Waals surface area contributed by atoms with Gasteiger partial charge in [-0.1, -0.05) is 0 Å². The van der Waals surface area contributed by atoms with E-state index in [0.29, 0.717) is 12.3 Å². The molecule has 6 N–H and O–H groups in total. The number of rotatable bonds is 7. The lowest BCUT2D eigenvalue weighted by Gasteiger charge is -2.30. The number of guanidine groups is 1. The summed E-state index contributed by atoms with van der Waals surface area (Å²) >= 11 is 0. The predicted octanol–water partition coefficient (Wildman–Crippen LogP) is 0.737. The number of hydrogen-bond donors (Lipinski definition) is 4. The molecule has 0 bridgehead atoms. The normalized spacial score (nSPS) is 29.6. The molecule has 0 saturated heterocycles. The van der Waals surface area contributed by atoms with Crippen LogP contribution < -0.4 is 16.8 Å². The number of aliphatic carboxylic acids is 1. The summed E-state index contributed by atoms with van der Waals surface area (Å²) in [4.78, 5) is 27.0. The van der Waals surface area contributed by atoms with Gasteiger partial charge in [-0.2, -0.15) is 0 Å². The van der Waals surface area contributed by atoms with Crippen LogP contribution in [0, 0.1) is 5.92 Å². The molecule has 0 radical (unpaired) electrons. The van der Waals surface area contributed by atoms with E-state index in [2.05, 4.69) is 10.3 Å². The zero-order valence-electron chi connectivity index (χ0n) is 14.7. The van der Waals surface area contributed by atoms with E-state index in [4.69, 9.17) is 21.3 Å². The number of nitrogens with zero attached hydrogens (tertiary/aromatic N) is 1. The number of amides is 1. The van der Waals surface area contributed by atoms with Gasteiger partial charge in [-0.05, 0) is 57.3 Å². The largest absolute Gasteiger partial charge is 0.480 e. The van der Waals surface area contributed by atoms with Gasteiger partial charge in [-0.25, -0.2) is 4.79 Å². The molecule has 8 nitrogen and oxygen atoms in total. The number of nitrogens with one attached hydrogen (secondary N) is 1. The van der Waals surface area contributed by atoms with Crippen molar-refractivity contribution in [3.63, 3.8) is 0 Å². The monoisotopic (exact) mass is 354 g/mol. The van der Waals surface area contributed by atoms with Gasteiger partial charge in [0, 0.05) is 12.5 Å². The first-order valence-electron chi connectivity index (χ1n) is 9.14. The highest BCUT2D eigenvalue weighted by atomic mass is 16.5. The van der Waals surface area contributed by atoms with Crippen molar-refractivity contribution in [2.45, 2.75) is 76.0 Å². The number of carbonyl (C=O) groups is 2. The van der Waals surface area contributed by atoms with Crippen molar-refractivity contribution in [3.8, 4) is 0 Å². The summed E-state index contributed by atoms with van der Waals surface area (Å²) in [7, 11) is 0. The van der Waals surface area contributed by atoms with Crippen LogP contribution in [-0.2, 0) is 14.3 Å². The van der Waals surface area contributed by atoms with Gasteiger partial charge < -0.3 is 26.6 Å². The molecule has 2 unspecified atom stereocenters. The second-order valence-electron chi connectivity index (χ2n) is 7.19. The number of aliphatic imine (C=N–C) groups is 1. The Balaban J connectivity index is 1.67. The van der Waals surface area contributed by atoms with Gasteiger partial charge in [0.1, 0.15) is 6.61 Å². The molecule has 2 aliphatic rings. The van der Waals surface area contributed by atoms with E-state index in [1.807, 2.05) is 0 Å². The summed E-state index contributed by atoms with van der Waals surface area (Å²) in [5.41, 5.74) is 10.9. The van der Waals surface area contributed by atoms with Crippen molar-refractivity contribution in [3.05, 3.63) is 0 Å². The highest BCUT2D eigenvalue weighted by Gasteiger charge is 2.26. The highest BCUT2D eigenvalue weighted by Crippen LogP contribution is 2.29. The summed E-state index contributed by atoms with van der Waals surface area (Å²) in [6, 6.07) is 0.246. The van der Waals surface area contributed by atoms with Crippen molar-refractivity contribution >= 4 is 17.8 Å². The Labute approximate surface area is 148 Å². The van der Waals surface area contributed by atoms with Crippen molar-refractivity contribution in [1.82, 2.24) is 5.32 Å². The van der Waals surface area contributed by atoms with Crippen LogP contribution in [0.15, 0.2) is 4.99 Å². The first-order chi connectivity index (χ1) is 11.9. The maximum absolute atomic E-state index is 12.3. The standard InChI is InChI=1S/C17H30N4O4/c18-17(19)21-13-3-1-2-12(9-13)20-15(22)8-11-4-6-14(7-5-11)25-10-16(23)24/h11-14H,1-10H2,(H,20,22)(H,23,24)(H4,18,19,21). The summed E-state index contributed by atoms with van der Waals surface area (Å²) in [6.07, 6.45) is 7.71. The van der Waals surface area contributed by atoms with Gasteiger partial charge in [-0.15, -0.1) is 0 Å². The zero-order chi connectivity index (χ0) is 18.2. The summed E-state index contributed by atoms with van der Waals surface area (Å²) in [5.74, 6) is -0.390. The van der Waals surface area contributed by atoms with Crippen LogP contribution in [0.25, 0.3) is 0 Å². The Morgan fingerprint density at radius 3 is 2.48 bits per heavy atom. The molecule has 0 aromatic rings. The molecule has 2 fully saturated rings. The molecule has 0 aromatic carbocycles. The molecule has 1 amide bonds. The lowest BCUT2D eigenvalue weighted by atomic mass is 9.84. The minimum absolute atomic E-state index is 0.00842. The van der Waals surface area contributed by atoms with Gasteiger partial charge >= 0.3 is 5.97 Å². The molecule has 2 rings (SSSR count). The lowest BCUT2D eigenvalue weighted by Crippen LogP contribution is -2.41. The Hall–Kier alpha value is -1.83. The maximum atomic E-state index is 12.3. The fourth-order valence-corrected chi connectivity index (χ4v) is 3.86. The van der Waals surface area contributed by atoms with Crippen molar-refractivity contribution in [2.75, 3.05) is 6.61 Å². The molecule has 0 aromatic heterocycles. The van der Waals surface area contributed by atoms with E-state index in [1.165, 1.54) is 0 Å². The van der Waals surface area contributed by atoms with Crippen LogP contribution in [0.4, 0.5) is 0 Å². The van der Waals surface area contributed by atoms with E-state index < -0.39 is 5.97 Å². The van der Waals surface area contributed by atoms with Crippen LogP contribution in [0.3, 0.4) is 0 Å². The van der Waals surface area contributed by atoms with Crippen LogP contribution in [-0.4, -0.2) is 47.7 Å². The maximum Gasteiger partial charge on any atom is 0.329 e. The summed E-state index contributed by atoms with van der Waals surface area (Å²) in [5, 5.41) is 11.8. The van der Waals surface area contributed by atoms with Gasteiger partial charge in [0.2, 0.25) is 5.91 Å². The molecular formula is C17H30N4O4. The average molecular weight is 354 g/mol.